The molecule has 0 spiro atoms. The van der Waals surface area contributed by atoms with E-state index in [-0.39, 0.29) is 19.4 Å². The lowest BCUT2D eigenvalue weighted by Crippen LogP contribution is -2.43. The fourth-order valence-electron chi connectivity index (χ4n) is 2.01. The van der Waals surface area contributed by atoms with Gasteiger partial charge in [-0.25, -0.2) is 0 Å². The van der Waals surface area contributed by atoms with Crippen LogP contribution in [0.25, 0.3) is 0 Å². The summed E-state index contributed by atoms with van der Waals surface area (Å²) >= 11 is 0. The van der Waals surface area contributed by atoms with Crippen LogP contribution < -0.4 is 19.5 Å². The third-order valence-corrected chi connectivity index (χ3v) is 3.26. The zero-order chi connectivity index (χ0) is 13.9. The molecule has 1 aliphatic carbocycles. The molecule has 1 atom stereocenters. The van der Waals surface area contributed by atoms with Crippen LogP contribution in [0.15, 0.2) is 18.2 Å². The quantitative estimate of drug-likeness (QED) is 0.786. The largest absolute Gasteiger partial charge is 0.491 e. The van der Waals surface area contributed by atoms with Crippen molar-refractivity contribution in [2.24, 2.45) is 0 Å². The highest BCUT2D eigenvalue weighted by molar-refractivity contribution is 5.76. The third kappa shape index (κ3) is 2.96. The number of nitrogens with one attached hydrogen (secondary N) is 1. The highest BCUT2D eigenvalue weighted by atomic mass is 16.7. The Bertz CT molecular complexity index is 500. The van der Waals surface area contributed by atoms with Gasteiger partial charge in [-0.2, -0.15) is 0 Å². The van der Waals surface area contributed by atoms with Gasteiger partial charge in [-0.15, -0.1) is 0 Å². The van der Waals surface area contributed by atoms with Gasteiger partial charge in [-0.3, -0.25) is 10.1 Å². The normalized spacial score (nSPS) is 17.6. The SMILES string of the molecule is COC(=O)C(COc1ccc2c(c1)OCO2)NC1CC1. The van der Waals surface area contributed by atoms with Crippen molar-refractivity contribution in [1.82, 2.24) is 5.32 Å². The van der Waals surface area contributed by atoms with Gasteiger partial charge in [0.1, 0.15) is 18.4 Å². The minimum atomic E-state index is -0.446. The highest BCUT2D eigenvalue weighted by Gasteiger charge is 2.29. The number of esters is 1. The summed E-state index contributed by atoms with van der Waals surface area (Å²) in [6.45, 7) is 0.454. The smallest absolute Gasteiger partial charge is 0.326 e. The molecular weight excluding hydrogens is 262 g/mol. The van der Waals surface area contributed by atoms with Crippen molar-refractivity contribution in [3.63, 3.8) is 0 Å². The van der Waals surface area contributed by atoms with E-state index in [9.17, 15) is 4.79 Å². The Morgan fingerprint density at radius 1 is 1.40 bits per heavy atom. The number of hydrogen-bond acceptors (Lipinski definition) is 6. The van der Waals surface area contributed by atoms with E-state index < -0.39 is 6.04 Å². The molecule has 0 amide bonds. The molecule has 1 aliphatic heterocycles. The van der Waals surface area contributed by atoms with Gasteiger partial charge in [-0.1, -0.05) is 0 Å². The molecule has 6 heteroatoms. The molecule has 1 saturated carbocycles. The van der Waals surface area contributed by atoms with Crippen molar-refractivity contribution >= 4 is 5.97 Å². The summed E-state index contributed by atoms with van der Waals surface area (Å²) in [7, 11) is 1.38. The van der Waals surface area contributed by atoms with Crippen LogP contribution in [0.3, 0.4) is 0 Å². The van der Waals surface area contributed by atoms with Gasteiger partial charge in [0, 0.05) is 12.1 Å². The van der Waals surface area contributed by atoms with E-state index in [2.05, 4.69) is 5.32 Å². The lowest BCUT2D eigenvalue weighted by atomic mass is 10.3. The maximum Gasteiger partial charge on any atom is 0.326 e. The molecule has 1 heterocycles. The summed E-state index contributed by atoms with van der Waals surface area (Å²) in [6, 6.07) is 5.30. The summed E-state index contributed by atoms with van der Waals surface area (Å²) in [5.41, 5.74) is 0. The highest BCUT2D eigenvalue weighted by Crippen LogP contribution is 2.35. The molecule has 108 valence electrons. The monoisotopic (exact) mass is 279 g/mol. The Morgan fingerprint density at radius 3 is 2.95 bits per heavy atom. The average Bonchev–Trinajstić information content (AvgIpc) is 3.17. The maximum atomic E-state index is 11.7. The molecule has 2 aliphatic rings. The summed E-state index contributed by atoms with van der Waals surface area (Å²) in [6.07, 6.45) is 2.19. The molecule has 20 heavy (non-hydrogen) atoms. The Hall–Kier alpha value is -1.95. The van der Waals surface area contributed by atoms with Crippen LogP contribution in [0.2, 0.25) is 0 Å². The molecule has 1 N–H and O–H groups in total. The predicted octanol–water partition coefficient (Wildman–Crippen LogP) is 1.09. The van der Waals surface area contributed by atoms with E-state index in [4.69, 9.17) is 18.9 Å². The van der Waals surface area contributed by atoms with Gasteiger partial charge in [0.05, 0.1) is 7.11 Å². The Balaban J connectivity index is 1.59. The summed E-state index contributed by atoms with van der Waals surface area (Å²) in [5, 5.41) is 3.21. The molecular formula is C14H17NO5. The minimum absolute atomic E-state index is 0.225. The second-order valence-electron chi connectivity index (χ2n) is 4.84. The van der Waals surface area contributed by atoms with Crippen LogP contribution in [0.1, 0.15) is 12.8 Å². The second-order valence-corrected chi connectivity index (χ2v) is 4.84. The molecule has 1 aromatic carbocycles. The molecule has 1 fully saturated rings. The number of hydrogen-bond donors (Lipinski definition) is 1. The van der Waals surface area contributed by atoms with Crippen LogP contribution in [-0.4, -0.2) is 38.6 Å². The van der Waals surface area contributed by atoms with Crippen LogP contribution >= 0.6 is 0 Å². The molecule has 0 radical (unpaired) electrons. The van der Waals surface area contributed by atoms with Gasteiger partial charge in [0.25, 0.3) is 0 Å². The van der Waals surface area contributed by atoms with Crippen molar-refractivity contribution in [1.29, 1.82) is 0 Å². The van der Waals surface area contributed by atoms with Crippen LogP contribution in [0.4, 0.5) is 0 Å². The first-order valence-corrected chi connectivity index (χ1v) is 6.62. The van der Waals surface area contributed by atoms with Crippen molar-refractivity contribution in [3.8, 4) is 17.2 Å². The number of methoxy groups -OCH3 is 1. The number of carbonyl (C=O) groups excluding carboxylic acids is 1. The molecule has 1 unspecified atom stereocenters. The van der Waals surface area contributed by atoms with Crippen molar-refractivity contribution in [2.45, 2.75) is 24.9 Å². The van der Waals surface area contributed by atoms with E-state index >= 15 is 0 Å². The molecule has 0 bridgehead atoms. The van der Waals surface area contributed by atoms with Gasteiger partial charge in [0.2, 0.25) is 6.79 Å². The number of rotatable bonds is 6. The van der Waals surface area contributed by atoms with Crippen molar-refractivity contribution in [2.75, 3.05) is 20.5 Å². The first kappa shape index (κ1) is 13.1. The third-order valence-electron chi connectivity index (χ3n) is 3.26. The van der Waals surface area contributed by atoms with E-state index in [0.717, 1.165) is 12.8 Å². The topological polar surface area (TPSA) is 66.0 Å². The van der Waals surface area contributed by atoms with Crippen LogP contribution in [0, 0.1) is 0 Å². The first-order valence-electron chi connectivity index (χ1n) is 6.62. The molecule has 6 nitrogen and oxygen atoms in total. The number of fused-ring (bicyclic) bond motifs is 1. The first-order chi connectivity index (χ1) is 9.76. The van der Waals surface area contributed by atoms with Crippen LogP contribution in [0.5, 0.6) is 17.2 Å². The van der Waals surface area contributed by atoms with E-state index in [1.165, 1.54) is 7.11 Å². The van der Waals surface area contributed by atoms with Gasteiger partial charge < -0.3 is 18.9 Å². The van der Waals surface area contributed by atoms with E-state index in [1.807, 2.05) is 0 Å². The maximum absolute atomic E-state index is 11.7. The lowest BCUT2D eigenvalue weighted by molar-refractivity contribution is -0.144. The van der Waals surface area contributed by atoms with Crippen molar-refractivity contribution in [3.05, 3.63) is 18.2 Å². The molecule has 3 rings (SSSR count). The molecule has 0 aromatic heterocycles. The van der Waals surface area contributed by atoms with Gasteiger partial charge in [-0.05, 0) is 25.0 Å². The fourth-order valence-corrected chi connectivity index (χ4v) is 2.01. The number of carbonyl (C=O) groups is 1. The number of benzene rings is 1. The molecule has 0 saturated heterocycles. The standard InChI is InChI=1S/C14H17NO5/c1-17-14(16)11(15-9-2-3-9)7-18-10-4-5-12-13(6-10)20-8-19-12/h4-6,9,11,15H,2-3,7-8H2,1H3. The zero-order valence-corrected chi connectivity index (χ0v) is 11.3. The lowest BCUT2D eigenvalue weighted by Gasteiger charge is -2.17. The summed E-state index contributed by atoms with van der Waals surface area (Å²) in [4.78, 5) is 11.7. The molecule has 1 aromatic rings. The van der Waals surface area contributed by atoms with E-state index in [1.54, 1.807) is 18.2 Å². The Labute approximate surface area is 117 Å². The van der Waals surface area contributed by atoms with Gasteiger partial charge in [0.15, 0.2) is 11.5 Å². The Morgan fingerprint density at radius 2 is 2.20 bits per heavy atom. The predicted molar refractivity (Wildman–Crippen MR) is 70.0 cm³/mol. The zero-order valence-electron chi connectivity index (χ0n) is 11.3. The summed E-state index contributed by atoms with van der Waals surface area (Å²) in [5.74, 6) is 1.70. The summed E-state index contributed by atoms with van der Waals surface area (Å²) < 4.78 is 20.9. The van der Waals surface area contributed by atoms with Crippen LogP contribution in [-0.2, 0) is 9.53 Å². The Kier molecular flexibility index (Phi) is 3.64. The van der Waals surface area contributed by atoms with Gasteiger partial charge >= 0.3 is 5.97 Å². The minimum Gasteiger partial charge on any atom is -0.491 e. The second kappa shape index (κ2) is 5.58. The fraction of sp³-hybridized carbons (Fsp3) is 0.500. The van der Waals surface area contributed by atoms with E-state index in [0.29, 0.717) is 23.3 Å². The van der Waals surface area contributed by atoms with Crippen molar-refractivity contribution < 1.29 is 23.7 Å². The number of ether oxygens (including phenoxy) is 4. The average molecular weight is 279 g/mol.